The zero-order chi connectivity index (χ0) is 21.2. The number of amides is 1. The Hall–Kier alpha value is -2.60. The molecular formula is C24H28ClN5O. The van der Waals surface area contributed by atoms with Gasteiger partial charge in [0.05, 0.1) is 11.6 Å². The number of fused-ring (bicyclic) bond motifs is 1. The molecule has 1 aliphatic carbocycles. The number of nitrogens with zero attached hydrogens (tertiary/aromatic N) is 4. The van der Waals surface area contributed by atoms with Gasteiger partial charge in [-0.3, -0.25) is 4.79 Å². The van der Waals surface area contributed by atoms with Crippen molar-refractivity contribution in [3.8, 4) is 11.3 Å². The number of carbonyl (C=O) groups excluding carboxylic acids is 1. The second kappa shape index (κ2) is 8.87. The lowest BCUT2D eigenvalue weighted by molar-refractivity contribution is -0.126. The normalized spacial score (nSPS) is 20.2. The van der Waals surface area contributed by atoms with Crippen molar-refractivity contribution >= 4 is 28.8 Å². The molecule has 6 nitrogen and oxygen atoms in total. The Labute approximate surface area is 187 Å². The van der Waals surface area contributed by atoms with E-state index in [1.54, 1.807) is 6.20 Å². The summed E-state index contributed by atoms with van der Waals surface area (Å²) in [5, 5.41) is 8.73. The van der Waals surface area contributed by atoms with Crippen LogP contribution in [0.2, 0.25) is 5.02 Å². The zero-order valence-corrected chi connectivity index (χ0v) is 18.4. The van der Waals surface area contributed by atoms with Crippen LogP contribution in [-0.4, -0.2) is 39.6 Å². The van der Waals surface area contributed by atoms with E-state index in [2.05, 4.69) is 21.3 Å². The van der Waals surface area contributed by atoms with Crippen LogP contribution in [0.15, 0.2) is 42.7 Å². The molecular weight excluding hydrogens is 410 g/mol. The van der Waals surface area contributed by atoms with Crippen LogP contribution in [0.4, 0.5) is 5.82 Å². The first-order chi connectivity index (χ1) is 15.2. The van der Waals surface area contributed by atoms with Crippen LogP contribution >= 0.6 is 11.6 Å². The van der Waals surface area contributed by atoms with Crippen LogP contribution in [0.25, 0.3) is 16.8 Å². The molecule has 0 spiro atoms. The van der Waals surface area contributed by atoms with Crippen LogP contribution < -0.4 is 10.2 Å². The molecule has 7 heteroatoms. The summed E-state index contributed by atoms with van der Waals surface area (Å²) in [5.41, 5.74) is 2.79. The van der Waals surface area contributed by atoms with Gasteiger partial charge in [-0.2, -0.15) is 5.10 Å². The third-order valence-electron chi connectivity index (χ3n) is 6.53. The van der Waals surface area contributed by atoms with E-state index in [-0.39, 0.29) is 11.8 Å². The van der Waals surface area contributed by atoms with Crippen LogP contribution in [0.5, 0.6) is 0 Å². The largest absolute Gasteiger partial charge is 0.354 e. The first kappa shape index (κ1) is 20.3. The molecule has 1 saturated heterocycles. The average Bonchev–Trinajstić information content (AvgIpc) is 3.24. The molecule has 1 N–H and O–H groups in total. The smallest absolute Gasteiger partial charge is 0.225 e. The Balaban J connectivity index is 1.36. The van der Waals surface area contributed by atoms with Gasteiger partial charge in [0.15, 0.2) is 5.82 Å². The minimum Gasteiger partial charge on any atom is -0.354 e. The lowest BCUT2D eigenvalue weighted by Gasteiger charge is -2.34. The van der Waals surface area contributed by atoms with Crippen molar-refractivity contribution in [1.82, 2.24) is 19.9 Å². The lowest BCUT2D eigenvalue weighted by Crippen LogP contribution is -2.46. The molecule has 1 aliphatic heterocycles. The summed E-state index contributed by atoms with van der Waals surface area (Å²) in [7, 11) is 0. The Morgan fingerprint density at radius 3 is 2.81 bits per heavy atom. The molecule has 0 unspecified atom stereocenters. The fourth-order valence-electron chi connectivity index (χ4n) is 4.89. The van der Waals surface area contributed by atoms with Gasteiger partial charge in [-0.1, -0.05) is 43.0 Å². The van der Waals surface area contributed by atoms with E-state index in [9.17, 15) is 4.79 Å². The van der Waals surface area contributed by atoms with Crippen molar-refractivity contribution in [2.75, 3.05) is 18.0 Å². The predicted octanol–water partition coefficient (Wildman–Crippen LogP) is 4.72. The highest BCUT2D eigenvalue weighted by molar-refractivity contribution is 6.30. The van der Waals surface area contributed by atoms with Crippen molar-refractivity contribution in [2.24, 2.45) is 5.92 Å². The maximum Gasteiger partial charge on any atom is 0.225 e. The molecule has 1 saturated carbocycles. The average molecular weight is 438 g/mol. The maximum absolute atomic E-state index is 12.9. The Morgan fingerprint density at radius 1 is 1.10 bits per heavy atom. The van der Waals surface area contributed by atoms with E-state index in [0.29, 0.717) is 17.6 Å². The minimum absolute atomic E-state index is 0.00746. The number of aromatic nitrogens is 3. The van der Waals surface area contributed by atoms with E-state index in [1.165, 1.54) is 19.3 Å². The zero-order valence-electron chi connectivity index (χ0n) is 17.6. The van der Waals surface area contributed by atoms with Crippen molar-refractivity contribution < 1.29 is 4.79 Å². The SMILES string of the molecule is O=C(NC1CCCCC1)[C@H]1CCCN(c2nccn3nc(-c4cccc(Cl)c4)cc23)C1. The number of nitrogens with one attached hydrogen (secondary N) is 1. The van der Waals surface area contributed by atoms with E-state index in [4.69, 9.17) is 16.7 Å². The highest BCUT2D eigenvalue weighted by Crippen LogP contribution is 2.29. The Bertz CT molecular complexity index is 1070. The van der Waals surface area contributed by atoms with Gasteiger partial charge in [-0.15, -0.1) is 0 Å². The molecule has 2 aromatic heterocycles. The molecule has 2 aliphatic rings. The van der Waals surface area contributed by atoms with E-state index in [0.717, 1.165) is 54.8 Å². The minimum atomic E-state index is 0.00746. The second-order valence-electron chi connectivity index (χ2n) is 8.75. The monoisotopic (exact) mass is 437 g/mol. The van der Waals surface area contributed by atoms with Gasteiger partial charge in [0.25, 0.3) is 0 Å². The third-order valence-corrected chi connectivity index (χ3v) is 6.77. The highest BCUT2D eigenvalue weighted by Gasteiger charge is 2.29. The Kier molecular flexibility index (Phi) is 5.81. The van der Waals surface area contributed by atoms with Crippen molar-refractivity contribution in [1.29, 1.82) is 0 Å². The lowest BCUT2D eigenvalue weighted by atomic mass is 9.93. The number of carbonyl (C=O) groups is 1. The van der Waals surface area contributed by atoms with Crippen molar-refractivity contribution in [3.05, 3.63) is 47.7 Å². The van der Waals surface area contributed by atoms with Crippen molar-refractivity contribution in [3.63, 3.8) is 0 Å². The summed E-state index contributed by atoms with van der Waals surface area (Å²) in [6.45, 7) is 1.60. The Morgan fingerprint density at radius 2 is 1.97 bits per heavy atom. The molecule has 0 bridgehead atoms. The number of benzene rings is 1. The van der Waals surface area contributed by atoms with Crippen LogP contribution in [0.3, 0.4) is 0 Å². The maximum atomic E-state index is 12.9. The van der Waals surface area contributed by atoms with Crippen molar-refractivity contribution in [2.45, 2.75) is 51.0 Å². The molecule has 0 radical (unpaired) electrons. The van der Waals surface area contributed by atoms with Crippen LogP contribution in [-0.2, 0) is 4.79 Å². The van der Waals surface area contributed by atoms with Gasteiger partial charge in [-0.25, -0.2) is 9.50 Å². The van der Waals surface area contributed by atoms with Crippen LogP contribution in [0.1, 0.15) is 44.9 Å². The molecule has 31 heavy (non-hydrogen) atoms. The van der Waals surface area contributed by atoms with Gasteiger partial charge >= 0.3 is 0 Å². The molecule has 1 amide bonds. The molecule has 1 aromatic carbocycles. The van der Waals surface area contributed by atoms with Crippen LogP contribution in [0, 0.1) is 5.92 Å². The third kappa shape index (κ3) is 4.40. The van der Waals surface area contributed by atoms with Gasteiger partial charge in [0, 0.05) is 42.1 Å². The first-order valence-corrected chi connectivity index (χ1v) is 11.7. The molecule has 1 atom stereocenters. The summed E-state index contributed by atoms with van der Waals surface area (Å²) in [5.74, 6) is 1.10. The fourth-order valence-corrected chi connectivity index (χ4v) is 5.08. The summed E-state index contributed by atoms with van der Waals surface area (Å²) in [6.07, 6.45) is 11.5. The van der Waals surface area contributed by atoms with Gasteiger partial charge < -0.3 is 10.2 Å². The number of piperidine rings is 1. The first-order valence-electron chi connectivity index (χ1n) is 11.3. The molecule has 2 fully saturated rings. The second-order valence-corrected chi connectivity index (χ2v) is 9.19. The molecule has 5 rings (SSSR count). The number of hydrogen-bond donors (Lipinski definition) is 1. The quantitative estimate of drug-likeness (QED) is 0.641. The summed E-state index contributed by atoms with van der Waals surface area (Å²) in [4.78, 5) is 19.9. The van der Waals surface area contributed by atoms with Gasteiger partial charge in [0.2, 0.25) is 5.91 Å². The summed E-state index contributed by atoms with van der Waals surface area (Å²) >= 11 is 6.17. The standard InChI is InChI=1S/C24H28ClN5O/c25-19-8-4-6-17(14-19)21-15-22-23(26-11-13-30(22)28-21)29-12-5-7-18(16-29)24(31)27-20-9-2-1-3-10-20/h4,6,8,11,13-15,18,20H,1-3,5,7,9-10,12,16H2,(H,27,31)/t18-/m0/s1. The number of halogens is 1. The van der Waals surface area contributed by atoms with Gasteiger partial charge in [-0.05, 0) is 43.9 Å². The van der Waals surface area contributed by atoms with E-state index in [1.807, 2.05) is 35.0 Å². The number of anilines is 1. The number of rotatable bonds is 4. The highest BCUT2D eigenvalue weighted by atomic mass is 35.5. The molecule has 3 aromatic rings. The molecule has 162 valence electrons. The summed E-state index contributed by atoms with van der Waals surface area (Å²) in [6, 6.07) is 10.1. The molecule has 3 heterocycles. The predicted molar refractivity (Wildman–Crippen MR) is 123 cm³/mol. The fraction of sp³-hybridized carbons (Fsp3) is 0.458. The summed E-state index contributed by atoms with van der Waals surface area (Å²) < 4.78 is 1.87. The van der Waals surface area contributed by atoms with Gasteiger partial charge in [0.1, 0.15) is 5.52 Å². The van der Waals surface area contributed by atoms with E-state index < -0.39 is 0 Å². The topological polar surface area (TPSA) is 62.5 Å². The van der Waals surface area contributed by atoms with E-state index >= 15 is 0 Å². The number of hydrogen-bond acceptors (Lipinski definition) is 4.